The van der Waals surface area contributed by atoms with Gasteiger partial charge >= 0.3 is 5.97 Å². The summed E-state index contributed by atoms with van der Waals surface area (Å²) in [7, 11) is 0. The summed E-state index contributed by atoms with van der Waals surface area (Å²) >= 11 is 0. The lowest BCUT2D eigenvalue weighted by atomic mass is 9.94. The quantitative estimate of drug-likeness (QED) is 0.439. The molecule has 0 saturated carbocycles. The van der Waals surface area contributed by atoms with Gasteiger partial charge in [0.25, 0.3) is 0 Å². The van der Waals surface area contributed by atoms with Crippen LogP contribution in [0.1, 0.15) is 54.4 Å². The molecule has 0 aliphatic carbocycles. The van der Waals surface area contributed by atoms with Crippen LogP contribution in [0.5, 0.6) is 0 Å². The van der Waals surface area contributed by atoms with Crippen LogP contribution in [0.15, 0.2) is 12.7 Å². The predicted molar refractivity (Wildman–Crippen MR) is 99.4 cm³/mol. The van der Waals surface area contributed by atoms with Crippen molar-refractivity contribution in [2.75, 3.05) is 33.0 Å². The number of carbonyl (C=O) groups excluding carboxylic acids is 1. The lowest BCUT2D eigenvalue weighted by Gasteiger charge is -2.46. The highest BCUT2D eigenvalue weighted by atomic mass is 16.5. The third-order valence-corrected chi connectivity index (χ3v) is 3.78. The van der Waals surface area contributed by atoms with E-state index in [9.17, 15) is 4.79 Å². The van der Waals surface area contributed by atoms with Gasteiger partial charge in [-0.25, -0.2) is 4.79 Å². The van der Waals surface area contributed by atoms with E-state index in [2.05, 4.69) is 63.2 Å². The van der Waals surface area contributed by atoms with Crippen molar-refractivity contribution in [1.82, 2.24) is 15.1 Å². The number of nitrogens with one attached hydrogen (secondary N) is 1. The second-order valence-corrected chi connectivity index (χ2v) is 9.23. The molecule has 0 aromatic carbocycles. The Labute approximate surface area is 148 Å². The maximum absolute atomic E-state index is 11.1. The van der Waals surface area contributed by atoms with E-state index < -0.39 is 0 Å². The first-order valence-electron chi connectivity index (χ1n) is 8.99. The maximum Gasteiger partial charge on any atom is 0.330 e. The Hall–Kier alpha value is -0.910. The molecule has 0 radical (unpaired) electrons. The molecule has 1 fully saturated rings. The molecule has 0 spiro atoms. The van der Waals surface area contributed by atoms with Crippen molar-refractivity contribution in [1.29, 1.82) is 0 Å². The summed E-state index contributed by atoms with van der Waals surface area (Å²) < 4.78 is 5.09. The molecule has 140 valence electrons. The Morgan fingerprint density at radius 2 is 1.83 bits per heavy atom. The highest BCUT2D eigenvalue weighted by molar-refractivity contribution is 5.81. The molecule has 1 saturated heterocycles. The number of hydrogen-bond acceptors (Lipinski definition) is 5. The van der Waals surface area contributed by atoms with Crippen molar-refractivity contribution in [3.63, 3.8) is 0 Å². The van der Waals surface area contributed by atoms with Crippen LogP contribution in [0.4, 0.5) is 0 Å². The highest BCUT2D eigenvalue weighted by Gasteiger charge is 2.30. The Morgan fingerprint density at radius 3 is 2.38 bits per heavy atom. The molecule has 5 heteroatoms. The number of carbonyl (C=O) groups is 1. The van der Waals surface area contributed by atoms with E-state index in [0.29, 0.717) is 18.2 Å². The van der Waals surface area contributed by atoms with E-state index in [1.807, 2.05) is 0 Å². The summed E-state index contributed by atoms with van der Waals surface area (Å²) in [5.41, 5.74) is 0.542. The highest BCUT2D eigenvalue weighted by Crippen LogP contribution is 2.22. The van der Waals surface area contributed by atoms with Gasteiger partial charge in [0.1, 0.15) is 0 Å². The molecule has 1 heterocycles. The average Bonchev–Trinajstić information content (AvgIpc) is 2.41. The van der Waals surface area contributed by atoms with Gasteiger partial charge < -0.3 is 4.74 Å². The Bertz CT molecular complexity index is 410. The first kappa shape index (κ1) is 21.1. The van der Waals surface area contributed by atoms with Gasteiger partial charge in [-0.05, 0) is 23.7 Å². The zero-order valence-corrected chi connectivity index (χ0v) is 16.5. The van der Waals surface area contributed by atoms with Crippen LogP contribution in [0, 0.1) is 10.8 Å². The topological polar surface area (TPSA) is 44.8 Å². The van der Waals surface area contributed by atoms with E-state index in [-0.39, 0.29) is 11.4 Å². The SMILES string of the molecule is C=CC(=O)OCCCC1NCN(CC(C)(C)C)CN1CC(C)(C)C. The largest absolute Gasteiger partial charge is 0.463 e. The maximum atomic E-state index is 11.1. The molecule has 1 N–H and O–H groups in total. The van der Waals surface area contributed by atoms with Crippen molar-refractivity contribution in [2.24, 2.45) is 10.8 Å². The van der Waals surface area contributed by atoms with Gasteiger partial charge in [0.05, 0.1) is 26.1 Å². The average molecular weight is 340 g/mol. The number of rotatable bonds is 7. The normalized spacial score (nSPS) is 20.8. The van der Waals surface area contributed by atoms with Gasteiger partial charge in [-0.3, -0.25) is 15.1 Å². The molecule has 1 unspecified atom stereocenters. The number of esters is 1. The van der Waals surface area contributed by atoms with E-state index in [1.54, 1.807) is 0 Å². The molecule has 1 rings (SSSR count). The Morgan fingerprint density at radius 1 is 1.21 bits per heavy atom. The van der Waals surface area contributed by atoms with Gasteiger partial charge in [0.15, 0.2) is 0 Å². The summed E-state index contributed by atoms with van der Waals surface area (Å²) in [6, 6.07) is 0. The molecule has 1 aliphatic heterocycles. The van der Waals surface area contributed by atoms with Gasteiger partial charge in [-0.15, -0.1) is 0 Å². The second kappa shape index (κ2) is 8.97. The lowest BCUT2D eigenvalue weighted by Crippen LogP contribution is -2.61. The fourth-order valence-corrected chi connectivity index (χ4v) is 3.11. The van der Waals surface area contributed by atoms with Crippen molar-refractivity contribution >= 4 is 5.97 Å². The van der Waals surface area contributed by atoms with Crippen molar-refractivity contribution in [3.8, 4) is 0 Å². The number of hydrogen-bond donors (Lipinski definition) is 1. The van der Waals surface area contributed by atoms with Crippen LogP contribution < -0.4 is 5.32 Å². The van der Waals surface area contributed by atoms with Crippen LogP contribution in [-0.2, 0) is 9.53 Å². The lowest BCUT2D eigenvalue weighted by molar-refractivity contribution is -0.138. The minimum absolute atomic E-state index is 0.250. The molecule has 0 amide bonds. The van der Waals surface area contributed by atoms with Crippen molar-refractivity contribution in [2.45, 2.75) is 60.5 Å². The summed E-state index contributed by atoms with van der Waals surface area (Å²) in [4.78, 5) is 16.1. The Balaban J connectivity index is 2.55. The first-order valence-corrected chi connectivity index (χ1v) is 8.99. The molecule has 0 bridgehead atoms. The standard InChI is InChI=1S/C19H37N3O2/c1-8-17(23)24-11-9-10-16-20-14-21(12-18(2,3)4)15-22(16)13-19(5,6)7/h8,16,20H,1,9-15H2,2-7H3. The first-order chi connectivity index (χ1) is 11.0. The van der Waals surface area contributed by atoms with E-state index in [4.69, 9.17) is 4.74 Å². The number of nitrogens with zero attached hydrogens (tertiary/aromatic N) is 2. The summed E-state index contributed by atoms with van der Waals surface area (Å²) in [5, 5.41) is 3.66. The number of ether oxygens (including phenoxy) is 1. The fraction of sp³-hybridized carbons (Fsp3) is 0.842. The third-order valence-electron chi connectivity index (χ3n) is 3.78. The minimum atomic E-state index is -0.338. The predicted octanol–water partition coefficient (Wildman–Crippen LogP) is 3.04. The summed E-state index contributed by atoms with van der Waals surface area (Å²) in [6.07, 6.45) is 3.39. The molecular formula is C19H37N3O2. The summed E-state index contributed by atoms with van der Waals surface area (Å²) in [6.45, 7) is 21.6. The molecular weight excluding hydrogens is 302 g/mol. The van der Waals surface area contributed by atoms with Gasteiger partial charge in [-0.1, -0.05) is 48.1 Å². The summed E-state index contributed by atoms with van der Waals surface area (Å²) in [5.74, 6) is -0.338. The van der Waals surface area contributed by atoms with E-state index in [0.717, 1.165) is 39.3 Å². The van der Waals surface area contributed by atoms with Crippen LogP contribution in [0.3, 0.4) is 0 Å². The van der Waals surface area contributed by atoms with Crippen LogP contribution >= 0.6 is 0 Å². The monoisotopic (exact) mass is 339 g/mol. The minimum Gasteiger partial charge on any atom is -0.463 e. The zero-order chi connectivity index (χ0) is 18.4. The second-order valence-electron chi connectivity index (χ2n) is 9.23. The van der Waals surface area contributed by atoms with E-state index in [1.165, 1.54) is 6.08 Å². The molecule has 5 nitrogen and oxygen atoms in total. The van der Waals surface area contributed by atoms with Crippen LogP contribution in [-0.4, -0.2) is 55.0 Å². The van der Waals surface area contributed by atoms with Gasteiger partial charge in [0.2, 0.25) is 0 Å². The molecule has 0 aromatic rings. The third kappa shape index (κ3) is 8.81. The van der Waals surface area contributed by atoms with Gasteiger partial charge in [0, 0.05) is 19.2 Å². The van der Waals surface area contributed by atoms with E-state index >= 15 is 0 Å². The molecule has 24 heavy (non-hydrogen) atoms. The van der Waals surface area contributed by atoms with Crippen molar-refractivity contribution in [3.05, 3.63) is 12.7 Å². The smallest absolute Gasteiger partial charge is 0.330 e. The van der Waals surface area contributed by atoms with Crippen LogP contribution in [0.2, 0.25) is 0 Å². The van der Waals surface area contributed by atoms with Gasteiger partial charge in [-0.2, -0.15) is 0 Å². The Kier molecular flexibility index (Phi) is 7.90. The van der Waals surface area contributed by atoms with Crippen LogP contribution in [0.25, 0.3) is 0 Å². The fourth-order valence-electron chi connectivity index (χ4n) is 3.11. The zero-order valence-electron chi connectivity index (χ0n) is 16.5. The van der Waals surface area contributed by atoms with Crippen molar-refractivity contribution < 1.29 is 9.53 Å². The molecule has 1 aliphatic rings. The molecule has 1 atom stereocenters. The molecule has 0 aromatic heterocycles.